The highest BCUT2D eigenvalue weighted by Gasteiger charge is 2.18. The third-order valence-corrected chi connectivity index (χ3v) is 6.71. The van der Waals surface area contributed by atoms with Crippen molar-refractivity contribution in [2.75, 3.05) is 0 Å². The summed E-state index contributed by atoms with van der Waals surface area (Å²) in [5.74, 6) is 0.719. The molecule has 1 heterocycles. The Kier molecular flexibility index (Phi) is 5.47. The van der Waals surface area contributed by atoms with Crippen molar-refractivity contribution in [3.05, 3.63) is 115 Å². The first-order valence-corrected chi connectivity index (χ1v) is 10.2. The van der Waals surface area contributed by atoms with E-state index in [1.54, 1.807) is 6.20 Å². The summed E-state index contributed by atoms with van der Waals surface area (Å²) in [5.41, 5.74) is 1.13. The molecule has 0 unspecified atom stereocenters. The molecule has 1 aromatic heterocycles. The molecule has 0 saturated heterocycles. The number of benzene rings is 3. The Hall–Kier alpha value is -3.09. The van der Waals surface area contributed by atoms with E-state index in [9.17, 15) is 0 Å². The van der Waals surface area contributed by atoms with Crippen molar-refractivity contribution < 1.29 is 0 Å². The van der Waals surface area contributed by atoms with Crippen molar-refractivity contribution in [3.8, 4) is 0 Å². The molecule has 0 N–H and O–H groups in total. The molecule has 0 spiro atoms. The summed E-state index contributed by atoms with van der Waals surface area (Å²) in [6, 6.07) is 35.7. The van der Waals surface area contributed by atoms with Crippen LogP contribution in [0.15, 0.2) is 114 Å². The van der Waals surface area contributed by atoms with Crippen molar-refractivity contribution in [2.24, 2.45) is 4.99 Å². The first kappa shape index (κ1) is 17.3. The maximum atomic E-state index is 4.58. The molecule has 0 bridgehead atoms. The Balaban J connectivity index is 1.81. The number of rotatable bonds is 5. The lowest BCUT2D eigenvalue weighted by Gasteiger charge is -2.21. The van der Waals surface area contributed by atoms with Crippen molar-refractivity contribution in [3.63, 3.8) is 0 Å². The molecule has 2 nitrogen and oxygen atoms in total. The first-order valence-electron chi connectivity index (χ1n) is 8.86. The van der Waals surface area contributed by atoms with Crippen LogP contribution in [0.1, 0.15) is 5.56 Å². The average molecular weight is 366 g/mol. The number of aliphatic imine (C=N–C) groups is 1. The fourth-order valence-corrected chi connectivity index (χ4v) is 5.37. The van der Waals surface area contributed by atoms with Crippen molar-refractivity contribution in [2.45, 2.75) is 0 Å². The highest BCUT2D eigenvalue weighted by molar-refractivity contribution is 7.80. The minimum atomic E-state index is -0.659. The van der Waals surface area contributed by atoms with Gasteiger partial charge in [0.2, 0.25) is 0 Å². The molecule has 0 saturated carbocycles. The predicted octanol–water partition coefficient (Wildman–Crippen LogP) is 4.59. The molecule has 4 aromatic rings. The molecule has 27 heavy (non-hydrogen) atoms. The normalized spacial score (nSPS) is 11.1. The minimum absolute atomic E-state index is 0.659. The fourth-order valence-electron chi connectivity index (χ4n) is 2.95. The van der Waals surface area contributed by atoms with Crippen molar-refractivity contribution in [1.29, 1.82) is 0 Å². The van der Waals surface area contributed by atoms with Crippen LogP contribution in [0.2, 0.25) is 0 Å². The molecule has 0 aliphatic rings. The quantitative estimate of drug-likeness (QED) is 0.375. The number of nitrogens with zero attached hydrogens (tertiary/aromatic N) is 2. The van der Waals surface area contributed by atoms with Crippen LogP contribution in [-0.2, 0) is 0 Å². The second kappa shape index (κ2) is 8.53. The maximum absolute atomic E-state index is 4.58. The molecule has 0 aliphatic carbocycles. The third kappa shape index (κ3) is 4.19. The number of hydrogen-bond donors (Lipinski definition) is 0. The zero-order chi connectivity index (χ0) is 18.3. The van der Waals surface area contributed by atoms with E-state index in [0.29, 0.717) is 0 Å². The van der Waals surface area contributed by atoms with Gasteiger partial charge in [0.1, 0.15) is 0 Å². The fraction of sp³-hybridized carbons (Fsp3) is 0. The molecule has 3 heteroatoms. The number of aromatic nitrogens is 1. The smallest absolute Gasteiger partial charge is 0.151 e. The highest BCUT2D eigenvalue weighted by atomic mass is 31.1. The molecule has 4 rings (SSSR count). The Morgan fingerprint density at radius 3 is 1.85 bits per heavy atom. The molecule has 0 radical (unpaired) electrons. The van der Waals surface area contributed by atoms with E-state index in [1.807, 2.05) is 24.4 Å². The van der Waals surface area contributed by atoms with Gasteiger partial charge in [-0.25, -0.2) is 9.98 Å². The monoisotopic (exact) mass is 366 g/mol. The SMILES string of the molecule is C(=N/c1ccccn1)/c1ccccc1P(c1ccccc1)c1ccccc1. The van der Waals surface area contributed by atoms with Crippen LogP contribution in [-0.4, -0.2) is 11.2 Å². The molecule has 3 aromatic carbocycles. The van der Waals surface area contributed by atoms with E-state index in [2.05, 4.69) is 94.9 Å². The zero-order valence-corrected chi connectivity index (χ0v) is 15.7. The van der Waals surface area contributed by atoms with E-state index < -0.39 is 7.92 Å². The molecular weight excluding hydrogens is 347 g/mol. The largest absolute Gasteiger partial charge is 0.237 e. The van der Waals surface area contributed by atoms with Crippen LogP contribution in [0.4, 0.5) is 5.82 Å². The Morgan fingerprint density at radius 2 is 1.22 bits per heavy atom. The van der Waals surface area contributed by atoms with Gasteiger partial charge in [-0.1, -0.05) is 91.0 Å². The van der Waals surface area contributed by atoms with Crippen LogP contribution in [0.3, 0.4) is 0 Å². The number of pyridine rings is 1. The lowest BCUT2D eigenvalue weighted by atomic mass is 10.2. The van der Waals surface area contributed by atoms with Gasteiger partial charge < -0.3 is 0 Å². The summed E-state index contributed by atoms with van der Waals surface area (Å²) in [5, 5.41) is 3.96. The second-order valence-corrected chi connectivity index (χ2v) is 8.20. The third-order valence-electron chi connectivity index (χ3n) is 4.19. The van der Waals surface area contributed by atoms with Gasteiger partial charge in [0.15, 0.2) is 5.82 Å². The Morgan fingerprint density at radius 1 is 0.630 bits per heavy atom. The van der Waals surface area contributed by atoms with Gasteiger partial charge in [0, 0.05) is 18.0 Å². The van der Waals surface area contributed by atoms with E-state index in [-0.39, 0.29) is 0 Å². The molecule has 0 aliphatic heterocycles. The topological polar surface area (TPSA) is 25.2 Å². The van der Waals surface area contributed by atoms with E-state index in [1.165, 1.54) is 15.9 Å². The van der Waals surface area contributed by atoms with Gasteiger partial charge in [-0.3, -0.25) is 0 Å². The predicted molar refractivity (Wildman–Crippen MR) is 117 cm³/mol. The Bertz CT molecular complexity index is 976. The summed E-state index contributed by atoms with van der Waals surface area (Å²) in [6.07, 6.45) is 3.69. The van der Waals surface area contributed by atoms with Gasteiger partial charge in [0.25, 0.3) is 0 Å². The highest BCUT2D eigenvalue weighted by Crippen LogP contribution is 2.33. The van der Waals surface area contributed by atoms with E-state index >= 15 is 0 Å². The van der Waals surface area contributed by atoms with Crippen LogP contribution in [0.25, 0.3) is 0 Å². The van der Waals surface area contributed by atoms with Gasteiger partial charge in [-0.15, -0.1) is 0 Å². The standard InChI is InChI=1S/C24H19N2P/c1-3-12-21(13-4-1)27(22-14-5-2-6-15-22)23-16-8-7-11-20(23)19-26-24-17-9-10-18-25-24/h1-19H/b26-19-. The van der Waals surface area contributed by atoms with Gasteiger partial charge >= 0.3 is 0 Å². The van der Waals surface area contributed by atoms with Crippen LogP contribution in [0, 0.1) is 0 Å². The summed E-state index contributed by atoms with van der Waals surface area (Å²) < 4.78 is 0. The Labute approximate surface area is 161 Å². The summed E-state index contributed by atoms with van der Waals surface area (Å²) in [4.78, 5) is 8.87. The minimum Gasteiger partial charge on any atom is -0.237 e. The van der Waals surface area contributed by atoms with Crippen molar-refractivity contribution >= 4 is 35.9 Å². The first-order chi connectivity index (χ1) is 13.4. The van der Waals surface area contributed by atoms with Crippen molar-refractivity contribution in [1.82, 2.24) is 4.98 Å². The lowest BCUT2D eigenvalue weighted by molar-refractivity contribution is 1.28. The average Bonchev–Trinajstić information content (AvgIpc) is 2.76. The zero-order valence-electron chi connectivity index (χ0n) is 14.8. The molecule has 0 amide bonds. The molecule has 0 atom stereocenters. The molecule has 130 valence electrons. The van der Waals surface area contributed by atoms with Crippen LogP contribution < -0.4 is 15.9 Å². The van der Waals surface area contributed by atoms with Gasteiger partial charge in [-0.2, -0.15) is 0 Å². The van der Waals surface area contributed by atoms with Gasteiger partial charge in [0.05, 0.1) is 0 Å². The summed E-state index contributed by atoms with van der Waals surface area (Å²) in [7, 11) is -0.659. The maximum Gasteiger partial charge on any atom is 0.151 e. The second-order valence-electron chi connectivity index (χ2n) is 6.01. The van der Waals surface area contributed by atoms with E-state index in [0.717, 1.165) is 11.4 Å². The van der Waals surface area contributed by atoms with Gasteiger partial charge in [-0.05, 0) is 36.0 Å². The number of hydrogen-bond acceptors (Lipinski definition) is 2. The summed E-state index contributed by atoms with van der Waals surface area (Å²) in [6.45, 7) is 0. The lowest BCUT2D eigenvalue weighted by Crippen LogP contribution is -2.23. The van der Waals surface area contributed by atoms with Crippen LogP contribution in [0.5, 0.6) is 0 Å². The molecule has 0 fully saturated rings. The van der Waals surface area contributed by atoms with Crippen LogP contribution >= 0.6 is 7.92 Å². The molecular formula is C24H19N2P. The van der Waals surface area contributed by atoms with E-state index in [4.69, 9.17) is 0 Å². The summed E-state index contributed by atoms with van der Waals surface area (Å²) >= 11 is 0.